The second-order valence-electron chi connectivity index (χ2n) is 3.85. The fourth-order valence-electron chi connectivity index (χ4n) is 1.84. The van der Waals surface area contributed by atoms with E-state index >= 15 is 0 Å². The number of aryl methyl sites for hydroxylation is 1. The quantitative estimate of drug-likeness (QED) is 0.759. The molecule has 0 amide bonds. The van der Waals surface area contributed by atoms with E-state index in [0.717, 1.165) is 25.5 Å². The third-order valence-corrected chi connectivity index (χ3v) is 5.09. The Labute approximate surface area is 121 Å². The minimum absolute atomic E-state index is 0.703. The molecule has 0 saturated heterocycles. The molecule has 3 rings (SSSR count). The third-order valence-electron chi connectivity index (χ3n) is 2.70. The summed E-state index contributed by atoms with van der Waals surface area (Å²) in [4.78, 5) is 1.15. The van der Waals surface area contributed by atoms with Crippen LogP contribution in [0, 0.1) is 0 Å². The maximum Gasteiger partial charge on any atom is 0.130 e. The molecule has 0 atom stereocenters. The summed E-state index contributed by atoms with van der Waals surface area (Å²) < 4.78 is 2.83. The van der Waals surface area contributed by atoms with Gasteiger partial charge in [-0.3, -0.25) is 4.68 Å². The predicted molar refractivity (Wildman–Crippen MR) is 81.9 cm³/mol. The molecule has 18 heavy (non-hydrogen) atoms. The van der Waals surface area contributed by atoms with Crippen molar-refractivity contribution in [3.05, 3.63) is 32.7 Å². The van der Waals surface area contributed by atoms with Gasteiger partial charge in [-0.2, -0.15) is 5.10 Å². The van der Waals surface area contributed by atoms with Crippen molar-refractivity contribution >= 4 is 44.4 Å². The van der Waals surface area contributed by atoms with Gasteiger partial charge in [0, 0.05) is 22.9 Å². The summed E-state index contributed by atoms with van der Waals surface area (Å²) in [5.74, 6) is 0.703. The maximum atomic E-state index is 6.14. The lowest BCUT2D eigenvalue weighted by atomic mass is 10.1. The molecule has 0 bridgehead atoms. The molecular weight excluding hydrogens is 330 g/mol. The van der Waals surface area contributed by atoms with Crippen LogP contribution in [0.4, 0.5) is 5.82 Å². The zero-order valence-corrected chi connectivity index (χ0v) is 12.8. The van der Waals surface area contributed by atoms with Crippen molar-refractivity contribution in [2.75, 3.05) is 5.73 Å². The predicted octanol–water partition coefficient (Wildman–Crippen LogP) is 4.22. The van der Waals surface area contributed by atoms with Crippen molar-refractivity contribution < 1.29 is 0 Å². The highest BCUT2D eigenvalue weighted by Gasteiger charge is 2.18. The third kappa shape index (κ3) is 1.90. The minimum atomic E-state index is 0.703. The van der Waals surface area contributed by atoms with Crippen LogP contribution >= 0.6 is 38.6 Å². The smallest absolute Gasteiger partial charge is 0.130 e. The van der Waals surface area contributed by atoms with Crippen molar-refractivity contribution in [2.45, 2.75) is 0 Å². The SMILES string of the molecule is Cn1nc(-c2csc(Br)c2)c(-c2cccs2)c1N. The van der Waals surface area contributed by atoms with Gasteiger partial charge < -0.3 is 5.73 Å². The van der Waals surface area contributed by atoms with Gasteiger partial charge in [0.2, 0.25) is 0 Å². The van der Waals surface area contributed by atoms with E-state index in [-0.39, 0.29) is 0 Å². The molecular formula is C12H10BrN3S2. The number of nitrogens with zero attached hydrogens (tertiary/aromatic N) is 2. The first-order valence-electron chi connectivity index (χ1n) is 5.27. The van der Waals surface area contributed by atoms with Crippen molar-refractivity contribution in [1.82, 2.24) is 9.78 Å². The molecule has 0 aromatic carbocycles. The monoisotopic (exact) mass is 339 g/mol. The summed E-state index contributed by atoms with van der Waals surface area (Å²) in [6.45, 7) is 0. The van der Waals surface area contributed by atoms with Crippen LogP contribution < -0.4 is 5.73 Å². The van der Waals surface area contributed by atoms with E-state index in [2.05, 4.69) is 43.9 Å². The average molecular weight is 340 g/mol. The number of hydrogen-bond acceptors (Lipinski definition) is 4. The van der Waals surface area contributed by atoms with Crippen LogP contribution in [0.1, 0.15) is 0 Å². The van der Waals surface area contributed by atoms with Gasteiger partial charge in [0.05, 0.1) is 9.35 Å². The molecule has 6 heteroatoms. The molecule has 92 valence electrons. The lowest BCUT2D eigenvalue weighted by Crippen LogP contribution is -1.97. The first-order valence-corrected chi connectivity index (χ1v) is 7.83. The van der Waals surface area contributed by atoms with Crippen LogP contribution in [0.25, 0.3) is 21.7 Å². The van der Waals surface area contributed by atoms with Gasteiger partial charge in [-0.05, 0) is 33.4 Å². The lowest BCUT2D eigenvalue weighted by Gasteiger charge is -1.99. The first-order chi connectivity index (χ1) is 8.66. The summed E-state index contributed by atoms with van der Waals surface area (Å²) in [7, 11) is 1.87. The second kappa shape index (κ2) is 4.53. The summed E-state index contributed by atoms with van der Waals surface area (Å²) in [5, 5.41) is 8.67. The van der Waals surface area contributed by atoms with Crippen LogP contribution in [-0.4, -0.2) is 9.78 Å². The fraction of sp³-hybridized carbons (Fsp3) is 0.0833. The fourth-order valence-corrected chi connectivity index (χ4v) is 3.76. The number of nitrogens with two attached hydrogens (primary N) is 1. The Balaban J connectivity index is 2.24. The van der Waals surface area contributed by atoms with E-state index in [4.69, 9.17) is 5.73 Å². The van der Waals surface area contributed by atoms with E-state index in [0.29, 0.717) is 5.82 Å². The maximum absolute atomic E-state index is 6.14. The second-order valence-corrected chi connectivity index (χ2v) is 7.09. The van der Waals surface area contributed by atoms with Crippen molar-refractivity contribution in [3.63, 3.8) is 0 Å². The standard InChI is InChI=1S/C12H10BrN3S2/c1-16-12(14)10(8-3-2-4-17-8)11(15-16)7-5-9(13)18-6-7/h2-6H,14H2,1H3. The van der Waals surface area contributed by atoms with Gasteiger partial charge in [-0.1, -0.05) is 6.07 Å². The molecule has 3 aromatic heterocycles. The Morgan fingerprint density at radius 2 is 2.22 bits per heavy atom. The molecule has 0 saturated carbocycles. The van der Waals surface area contributed by atoms with Gasteiger partial charge in [-0.15, -0.1) is 22.7 Å². The van der Waals surface area contributed by atoms with Crippen molar-refractivity contribution in [1.29, 1.82) is 0 Å². The molecule has 3 heterocycles. The number of halogens is 1. The highest BCUT2D eigenvalue weighted by molar-refractivity contribution is 9.11. The Hall–Kier alpha value is -1.11. The van der Waals surface area contributed by atoms with E-state index in [9.17, 15) is 0 Å². The van der Waals surface area contributed by atoms with Crippen molar-refractivity contribution in [3.8, 4) is 21.7 Å². The Morgan fingerprint density at radius 1 is 1.39 bits per heavy atom. The van der Waals surface area contributed by atoms with Crippen molar-refractivity contribution in [2.24, 2.45) is 7.05 Å². The van der Waals surface area contributed by atoms with Crippen LogP contribution in [0.3, 0.4) is 0 Å². The zero-order chi connectivity index (χ0) is 12.7. The first kappa shape index (κ1) is 12.0. The Bertz CT molecular complexity index is 682. The van der Waals surface area contributed by atoms with Crippen LogP contribution in [0.15, 0.2) is 32.7 Å². The highest BCUT2D eigenvalue weighted by atomic mass is 79.9. The molecule has 3 nitrogen and oxygen atoms in total. The van der Waals surface area contributed by atoms with Gasteiger partial charge in [0.1, 0.15) is 11.5 Å². The number of thiophene rings is 2. The Morgan fingerprint density at radius 3 is 2.83 bits per heavy atom. The van der Waals surface area contributed by atoms with E-state index < -0.39 is 0 Å². The number of anilines is 1. The number of nitrogen functional groups attached to an aromatic ring is 1. The number of rotatable bonds is 2. The Kier molecular flexibility index (Phi) is 3.01. The summed E-state index contributed by atoms with van der Waals surface area (Å²) >= 11 is 6.81. The summed E-state index contributed by atoms with van der Waals surface area (Å²) in [5.41, 5.74) is 9.21. The van der Waals surface area contributed by atoms with Crippen LogP contribution in [0.5, 0.6) is 0 Å². The van der Waals surface area contributed by atoms with Gasteiger partial charge in [0.15, 0.2) is 0 Å². The lowest BCUT2D eigenvalue weighted by molar-refractivity contribution is 0.782. The van der Waals surface area contributed by atoms with Crippen LogP contribution in [0.2, 0.25) is 0 Å². The largest absolute Gasteiger partial charge is 0.383 e. The molecule has 0 spiro atoms. The molecule has 3 aromatic rings. The highest BCUT2D eigenvalue weighted by Crippen LogP contribution is 2.40. The van der Waals surface area contributed by atoms with E-state index in [1.165, 1.54) is 0 Å². The molecule has 0 aliphatic heterocycles. The molecule has 0 unspecified atom stereocenters. The van der Waals surface area contributed by atoms with Gasteiger partial charge in [0.25, 0.3) is 0 Å². The molecule has 0 radical (unpaired) electrons. The summed E-state index contributed by atoms with van der Waals surface area (Å²) in [6.07, 6.45) is 0. The van der Waals surface area contributed by atoms with Gasteiger partial charge >= 0.3 is 0 Å². The van der Waals surface area contributed by atoms with Crippen LogP contribution in [-0.2, 0) is 7.05 Å². The molecule has 0 aliphatic rings. The average Bonchev–Trinajstić information content (AvgIpc) is 3.02. The molecule has 2 N–H and O–H groups in total. The summed E-state index contributed by atoms with van der Waals surface area (Å²) in [6, 6.07) is 6.17. The zero-order valence-electron chi connectivity index (χ0n) is 9.55. The topological polar surface area (TPSA) is 43.8 Å². The number of hydrogen-bond donors (Lipinski definition) is 1. The van der Waals surface area contributed by atoms with Gasteiger partial charge in [-0.25, -0.2) is 0 Å². The minimum Gasteiger partial charge on any atom is -0.383 e. The number of aromatic nitrogens is 2. The molecule has 0 fully saturated rings. The normalized spacial score (nSPS) is 11.0. The molecule has 0 aliphatic carbocycles. The van der Waals surface area contributed by atoms with E-state index in [1.54, 1.807) is 27.4 Å². The van der Waals surface area contributed by atoms with E-state index in [1.807, 2.05) is 13.1 Å².